The van der Waals surface area contributed by atoms with Crippen molar-refractivity contribution in [1.82, 2.24) is 19.9 Å². The number of pyridine rings is 1. The molecule has 0 spiro atoms. The van der Waals surface area contributed by atoms with Gasteiger partial charge in [-0.3, -0.25) is 9.88 Å². The molecule has 2 aromatic heterocycles. The predicted octanol–water partition coefficient (Wildman–Crippen LogP) is 5.01. The van der Waals surface area contributed by atoms with Gasteiger partial charge in [0, 0.05) is 55.5 Å². The number of hydrogen-bond donors (Lipinski definition) is 1. The van der Waals surface area contributed by atoms with Crippen LogP contribution in [0.2, 0.25) is 0 Å². The number of terminal acetylenes is 1. The fourth-order valence-electron chi connectivity index (χ4n) is 7.01. The van der Waals surface area contributed by atoms with Gasteiger partial charge in [0.2, 0.25) is 0 Å². The molecule has 8 nitrogen and oxygen atoms in total. The van der Waals surface area contributed by atoms with E-state index in [1.807, 2.05) is 11.8 Å². The molecule has 0 amide bonds. The van der Waals surface area contributed by atoms with Crippen LogP contribution >= 0.6 is 0 Å². The number of nitrogen functional groups attached to an aromatic ring is 1. The topological polar surface area (TPSA) is 89.6 Å². The van der Waals surface area contributed by atoms with Gasteiger partial charge >= 0.3 is 6.01 Å². The summed E-state index contributed by atoms with van der Waals surface area (Å²) in [5.74, 6) is -1.04. The van der Waals surface area contributed by atoms with Crippen molar-refractivity contribution in [3.63, 3.8) is 0 Å². The molecule has 7 rings (SSSR count). The van der Waals surface area contributed by atoms with Gasteiger partial charge in [-0.2, -0.15) is 9.97 Å². The number of allylic oxidation sites excluding steroid dienone is 2. The SMILES string of the molecule is C#CC1=C(F)CCc2cc(N)cc(-c3ncc4c(N5CCOCC(C)C5)nc(OCC56CCN5CC(F)(F)C6)nc4c3F)c21. The van der Waals surface area contributed by atoms with Crippen molar-refractivity contribution in [1.29, 1.82) is 0 Å². The van der Waals surface area contributed by atoms with Crippen LogP contribution in [0.5, 0.6) is 6.01 Å². The average molecular weight is 609 g/mol. The van der Waals surface area contributed by atoms with Crippen molar-refractivity contribution in [2.24, 2.45) is 5.92 Å². The minimum atomic E-state index is -2.80. The molecule has 4 aliphatic rings. The highest BCUT2D eigenvalue weighted by Gasteiger charge is 2.60. The Bertz CT molecular complexity index is 1740. The van der Waals surface area contributed by atoms with E-state index in [9.17, 15) is 13.2 Å². The summed E-state index contributed by atoms with van der Waals surface area (Å²) in [6, 6.07) is 3.12. The van der Waals surface area contributed by atoms with Gasteiger partial charge in [-0.25, -0.2) is 17.6 Å². The summed E-state index contributed by atoms with van der Waals surface area (Å²) in [5.41, 5.74) is 6.99. The van der Waals surface area contributed by atoms with Crippen molar-refractivity contribution in [3.05, 3.63) is 41.1 Å². The molecule has 0 bridgehead atoms. The molecule has 0 saturated carbocycles. The van der Waals surface area contributed by atoms with E-state index < -0.39 is 23.1 Å². The van der Waals surface area contributed by atoms with E-state index in [-0.39, 0.29) is 60.3 Å². The third-order valence-electron chi connectivity index (χ3n) is 9.16. The molecular weight excluding hydrogens is 576 g/mol. The van der Waals surface area contributed by atoms with Gasteiger partial charge in [0.05, 0.1) is 36.3 Å². The van der Waals surface area contributed by atoms with Crippen molar-refractivity contribution >= 4 is 28.0 Å². The minimum absolute atomic E-state index is 0.0474. The van der Waals surface area contributed by atoms with Gasteiger partial charge in [-0.05, 0) is 36.5 Å². The number of ether oxygens (including phenoxy) is 2. The number of fused-ring (bicyclic) bond motifs is 3. The quantitative estimate of drug-likeness (QED) is 0.246. The van der Waals surface area contributed by atoms with Crippen molar-refractivity contribution in [3.8, 4) is 29.6 Å². The lowest BCUT2D eigenvalue weighted by atomic mass is 9.85. The second kappa shape index (κ2) is 10.6. The average Bonchev–Trinajstić information content (AvgIpc) is 3.11. The molecule has 3 aliphatic heterocycles. The zero-order chi connectivity index (χ0) is 30.8. The number of anilines is 2. The molecular formula is C32H32F4N6O2. The normalized spacial score (nSPS) is 24.8. The van der Waals surface area contributed by atoms with Gasteiger partial charge in [0.1, 0.15) is 29.5 Å². The summed E-state index contributed by atoms with van der Waals surface area (Å²) in [6.07, 6.45) is 7.92. The Hall–Kier alpha value is -3.95. The Morgan fingerprint density at radius 2 is 2.05 bits per heavy atom. The lowest BCUT2D eigenvalue weighted by Crippen LogP contribution is -2.59. The van der Waals surface area contributed by atoms with Crippen LogP contribution in [0.1, 0.15) is 37.3 Å². The molecule has 1 aromatic carbocycles. The fourth-order valence-corrected chi connectivity index (χ4v) is 7.01. The van der Waals surface area contributed by atoms with Gasteiger partial charge in [0.15, 0.2) is 5.82 Å². The van der Waals surface area contributed by atoms with Crippen LogP contribution in [0, 0.1) is 24.1 Å². The van der Waals surface area contributed by atoms with Crippen molar-refractivity contribution in [2.75, 3.05) is 56.6 Å². The van der Waals surface area contributed by atoms with E-state index in [1.54, 1.807) is 11.0 Å². The molecule has 2 N–H and O–H groups in total. The number of aryl methyl sites for hydroxylation is 1. The molecule has 0 radical (unpaired) electrons. The number of benzene rings is 1. The molecule has 3 fully saturated rings. The first-order valence-corrected chi connectivity index (χ1v) is 14.8. The maximum Gasteiger partial charge on any atom is 0.319 e. The first-order valence-electron chi connectivity index (χ1n) is 14.8. The summed E-state index contributed by atoms with van der Waals surface area (Å²) in [4.78, 5) is 17.3. The van der Waals surface area contributed by atoms with Gasteiger partial charge in [-0.15, -0.1) is 6.42 Å². The van der Waals surface area contributed by atoms with Crippen molar-refractivity contribution < 1.29 is 27.0 Å². The zero-order valence-electron chi connectivity index (χ0n) is 24.3. The standard InChI is InChI=1S/C32H32F4N6O2/c1-3-21-24(33)5-4-19-10-20(37)11-22(25(19)21)27-26(34)28-23(12-38-27)29(41-8-9-43-14-18(2)13-41)40-30(39-28)44-17-31-6-7-42(31)16-32(35,36)15-31/h1,10-12,18H,4-9,13-17,37H2,2H3. The highest BCUT2D eigenvalue weighted by atomic mass is 19.3. The molecule has 3 saturated heterocycles. The first kappa shape index (κ1) is 28.8. The number of aromatic nitrogens is 3. The van der Waals surface area contributed by atoms with Crippen LogP contribution < -0.4 is 15.4 Å². The Labute approximate surface area is 252 Å². The van der Waals surface area contributed by atoms with Crippen molar-refractivity contribution in [2.45, 2.75) is 44.1 Å². The molecule has 5 heterocycles. The molecule has 12 heteroatoms. The van der Waals surface area contributed by atoms with Crippen LogP contribution in [-0.4, -0.2) is 77.3 Å². The highest BCUT2D eigenvalue weighted by Crippen LogP contribution is 2.48. The smallest absolute Gasteiger partial charge is 0.319 e. The Balaban J connectivity index is 1.36. The molecule has 3 aromatic rings. The number of halogens is 4. The van der Waals surface area contributed by atoms with Crippen LogP contribution in [0.25, 0.3) is 27.7 Å². The van der Waals surface area contributed by atoms with Crippen LogP contribution in [-0.2, 0) is 11.2 Å². The van der Waals surface area contributed by atoms with Gasteiger partial charge < -0.3 is 20.1 Å². The Kier molecular flexibility index (Phi) is 6.93. The van der Waals surface area contributed by atoms with E-state index in [2.05, 4.69) is 20.9 Å². The van der Waals surface area contributed by atoms with E-state index in [4.69, 9.17) is 21.6 Å². The molecule has 230 valence electrons. The summed E-state index contributed by atoms with van der Waals surface area (Å²) in [5, 5.41) is 0.347. The Morgan fingerprint density at radius 1 is 1.20 bits per heavy atom. The monoisotopic (exact) mass is 608 g/mol. The summed E-state index contributed by atoms with van der Waals surface area (Å²) < 4.78 is 71.9. The molecule has 1 aliphatic carbocycles. The van der Waals surface area contributed by atoms with E-state index in [1.165, 1.54) is 12.3 Å². The van der Waals surface area contributed by atoms with Crippen LogP contribution in [0.3, 0.4) is 0 Å². The highest BCUT2D eigenvalue weighted by molar-refractivity contribution is 5.96. The predicted molar refractivity (Wildman–Crippen MR) is 158 cm³/mol. The van der Waals surface area contributed by atoms with Crippen LogP contribution in [0.4, 0.5) is 29.1 Å². The zero-order valence-corrected chi connectivity index (χ0v) is 24.3. The van der Waals surface area contributed by atoms with Crippen LogP contribution in [0.15, 0.2) is 24.2 Å². The van der Waals surface area contributed by atoms with Gasteiger partial charge in [0.25, 0.3) is 5.92 Å². The third kappa shape index (κ3) is 4.82. The largest absolute Gasteiger partial charge is 0.461 e. The second-order valence-corrected chi connectivity index (χ2v) is 12.4. The van der Waals surface area contributed by atoms with E-state index in [0.29, 0.717) is 73.7 Å². The first-order chi connectivity index (χ1) is 21.1. The summed E-state index contributed by atoms with van der Waals surface area (Å²) >= 11 is 0. The maximum atomic E-state index is 16.7. The summed E-state index contributed by atoms with van der Waals surface area (Å²) in [7, 11) is 0. The summed E-state index contributed by atoms with van der Waals surface area (Å²) in [6.45, 7) is 4.32. The number of alkyl halides is 2. The lowest BCUT2D eigenvalue weighted by molar-refractivity contribution is -0.0132. The lowest BCUT2D eigenvalue weighted by Gasteiger charge is -2.46. The van der Waals surface area contributed by atoms with E-state index >= 15 is 4.39 Å². The molecule has 2 atom stereocenters. The maximum absolute atomic E-state index is 16.7. The Morgan fingerprint density at radius 3 is 2.80 bits per heavy atom. The van der Waals surface area contributed by atoms with Gasteiger partial charge in [-0.1, -0.05) is 12.8 Å². The molecule has 44 heavy (non-hydrogen) atoms. The third-order valence-corrected chi connectivity index (χ3v) is 9.16. The number of hydrogen-bond acceptors (Lipinski definition) is 8. The number of nitrogens with two attached hydrogens (primary N) is 1. The minimum Gasteiger partial charge on any atom is -0.461 e. The second-order valence-electron chi connectivity index (χ2n) is 12.4. The fraction of sp³-hybridized carbons (Fsp3) is 0.469. The molecule has 2 unspecified atom stereocenters. The number of rotatable bonds is 5. The number of nitrogens with zero attached hydrogens (tertiary/aromatic N) is 5. The van der Waals surface area contributed by atoms with E-state index in [0.717, 1.165) is 0 Å².